The Hall–Kier alpha value is -0.110. The first-order chi connectivity index (χ1) is 5.23. The summed E-state index contributed by atoms with van der Waals surface area (Å²) in [5.74, 6) is 0.611. The van der Waals surface area contributed by atoms with Crippen molar-refractivity contribution in [3.8, 4) is 0 Å². The van der Waals surface area contributed by atoms with E-state index in [2.05, 4.69) is 12.2 Å². The summed E-state index contributed by atoms with van der Waals surface area (Å²) in [6.45, 7) is 2.92. The van der Waals surface area contributed by atoms with Crippen molar-refractivity contribution in [2.75, 3.05) is 6.54 Å². The van der Waals surface area contributed by atoms with Crippen LogP contribution in [-0.4, -0.2) is 18.3 Å². The second-order valence-electron chi connectivity index (χ2n) is 4.09. The molecule has 1 saturated heterocycles. The van der Waals surface area contributed by atoms with Crippen molar-refractivity contribution in [2.45, 2.75) is 44.3 Å². The Bertz CT molecular complexity index is 156. The second kappa shape index (κ2) is 2.44. The third-order valence-electron chi connectivity index (χ3n) is 3.51. The van der Waals surface area contributed by atoms with Crippen molar-refractivity contribution in [1.82, 2.24) is 5.32 Å². The fourth-order valence-electron chi connectivity index (χ4n) is 2.29. The van der Waals surface area contributed by atoms with Gasteiger partial charge in [-0.25, -0.2) is 4.39 Å². The Kier molecular flexibility index (Phi) is 1.67. The lowest BCUT2D eigenvalue weighted by molar-refractivity contribution is 0.0922. The van der Waals surface area contributed by atoms with Crippen LogP contribution in [0.15, 0.2) is 0 Å². The molecule has 1 aliphatic carbocycles. The summed E-state index contributed by atoms with van der Waals surface area (Å²) in [6.07, 6.45) is 3.86. The molecule has 0 radical (unpaired) electrons. The predicted octanol–water partition coefficient (Wildman–Crippen LogP) is 1.88. The van der Waals surface area contributed by atoms with Gasteiger partial charge in [-0.05, 0) is 38.6 Å². The fourth-order valence-corrected chi connectivity index (χ4v) is 2.29. The molecule has 1 nitrogen and oxygen atoms in total. The highest BCUT2D eigenvalue weighted by atomic mass is 19.1. The van der Waals surface area contributed by atoms with Crippen LogP contribution in [0.1, 0.15) is 32.6 Å². The van der Waals surface area contributed by atoms with Gasteiger partial charge < -0.3 is 5.32 Å². The molecule has 2 heteroatoms. The molecule has 1 heterocycles. The van der Waals surface area contributed by atoms with Gasteiger partial charge in [0.15, 0.2) is 0 Å². The molecule has 2 rings (SSSR count). The van der Waals surface area contributed by atoms with Gasteiger partial charge in [-0.3, -0.25) is 0 Å². The maximum absolute atomic E-state index is 13.4. The lowest BCUT2D eigenvalue weighted by atomic mass is 9.70. The standard InChI is InChI=1S/C9H16FN/c1-9(7-3-2-4-7)8(10)5-6-11-9/h7-8,11H,2-6H2,1H3. The van der Waals surface area contributed by atoms with E-state index in [0.717, 1.165) is 6.54 Å². The molecule has 0 aromatic carbocycles. The minimum absolute atomic E-state index is 0.168. The number of hydrogen-bond donors (Lipinski definition) is 1. The van der Waals surface area contributed by atoms with Crippen molar-refractivity contribution in [1.29, 1.82) is 0 Å². The average molecular weight is 157 g/mol. The molecule has 0 bridgehead atoms. The van der Waals surface area contributed by atoms with Crippen LogP contribution in [-0.2, 0) is 0 Å². The smallest absolute Gasteiger partial charge is 0.119 e. The molecule has 1 saturated carbocycles. The van der Waals surface area contributed by atoms with E-state index < -0.39 is 6.17 Å². The lowest BCUT2D eigenvalue weighted by Gasteiger charge is -2.41. The first-order valence-electron chi connectivity index (χ1n) is 4.62. The minimum Gasteiger partial charge on any atom is -0.309 e. The first-order valence-corrected chi connectivity index (χ1v) is 4.62. The molecular formula is C9H16FN. The molecule has 0 amide bonds. The van der Waals surface area contributed by atoms with E-state index in [4.69, 9.17) is 0 Å². The summed E-state index contributed by atoms with van der Waals surface area (Å²) >= 11 is 0. The van der Waals surface area contributed by atoms with Gasteiger partial charge in [-0.2, -0.15) is 0 Å². The first kappa shape index (κ1) is 7.53. The van der Waals surface area contributed by atoms with E-state index in [-0.39, 0.29) is 5.54 Å². The molecule has 2 aliphatic rings. The number of alkyl halides is 1. The Balaban J connectivity index is 2.06. The van der Waals surface area contributed by atoms with Gasteiger partial charge in [-0.1, -0.05) is 6.42 Å². The average Bonchev–Trinajstić information content (AvgIpc) is 2.09. The maximum atomic E-state index is 13.4. The van der Waals surface area contributed by atoms with Gasteiger partial charge in [0.1, 0.15) is 6.17 Å². The van der Waals surface area contributed by atoms with Crippen molar-refractivity contribution in [3.05, 3.63) is 0 Å². The van der Waals surface area contributed by atoms with Crippen molar-refractivity contribution >= 4 is 0 Å². The van der Waals surface area contributed by atoms with E-state index in [1.54, 1.807) is 0 Å². The Morgan fingerprint density at radius 2 is 2.09 bits per heavy atom. The number of hydrogen-bond acceptors (Lipinski definition) is 1. The van der Waals surface area contributed by atoms with Gasteiger partial charge >= 0.3 is 0 Å². The van der Waals surface area contributed by atoms with Crippen LogP contribution in [0.2, 0.25) is 0 Å². The Morgan fingerprint density at radius 3 is 2.45 bits per heavy atom. The molecule has 1 aliphatic heterocycles. The van der Waals surface area contributed by atoms with Crippen LogP contribution >= 0.6 is 0 Å². The zero-order valence-electron chi connectivity index (χ0n) is 7.07. The van der Waals surface area contributed by atoms with Crippen LogP contribution in [0.25, 0.3) is 0 Å². The monoisotopic (exact) mass is 157 g/mol. The summed E-state index contributed by atoms with van der Waals surface area (Å²) in [5, 5.41) is 3.31. The van der Waals surface area contributed by atoms with Crippen molar-refractivity contribution in [2.24, 2.45) is 5.92 Å². The molecule has 0 aromatic rings. The molecule has 2 unspecified atom stereocenters. The molecule has 11 heavy (non-hydrogen) atoms. The van der Waals surface area contributed by atoms with Crippen LogP contribution < -0.4 is 5.32 Å². The largest absolute Gasteiger partial charge is 0.309 e. The van der Waals surface area contributed by atoms with E-state index in [1.165, 1.54) is 19.3 Å². The highest BCUT2D eigenvalue weighted by Crippen LogP contribution is 2.41. The fraction of sp³-hybridized carbons (Fsp3) is 1.00. The number of nitrogens with one attached hydrogen (secondary N) is 1. The van der Waals surface area contributed by atoms with E-state index >= 15 is 0 Å². The van der Waals surface area contributed by atoms with E-state index in [9.17, 15) is 4.39 Å². The molecule has 64 valence electrons. The van der Waals surface area contributed by atoms with Gasteiger partial charge in [-0.15, -0.1) is 0 Å². The second-order valence-corrected chi connectivity index (χ2v) is 4.09. The summed E-state index contributed by atoms with van der Waals surface area (Å²) in [7, 11) is 0. The van der Waals surface area contributed by atoms with Crippen LogP contribution in [0.4, 0.5) is 4.39 Å². The Labute approximate surface area is 67.4 Å². The van der Waals surface area contributed by atoms with Crippen LogP contribution in [0.3, 0.4) is 0 Å². The SMILES string of the molecule is CC1(C2CCC2)NCCC1F. The van der Waals surface area contributed by atoms with E-state index in [0.29, 0.717) is 12.3 Å². The maximum Gasteiger partial charge on any atom is 0.119 e. The normalized spacial score (nSPS) is 45.8. The molecule has 0 aromatic heterocycles. The highest BCUT2D eigenvalue weighted by molar-refractivity contribution is 5.03. The minimum atomic E-state index is -0.604. The zero-order chi connectivity index (χ0) is 7.90. The van der Waals surface area contributed by atoms with Gasteiger partial charge in [0.2, 0.25) is 0 Å². The molecule has 2 fully saturated rings. The van der Waals surface area contributed by atoms with Crippen LogP contribution in [0, 0.1) is 5.92 Å². The Morgan fingerprint density at radius 1 is 1.36 bits per heavy atom. The lowest BCUT2D eigenvalue weighted by Crippen LogP contribution is -2.52. The molecule has 1 N–H and O–H groups in total. The van der Waals surface area contributed by atoms with Crippen molar-refractivity contribution < 1.29 is 4.39 Å². The summed E-state index contributed by atoms with van der Waals surface area (Å²) in [6, 6.07) is 0. The van der Waals surface area contributed by atoms with Gasteiger partial charge in [0, 0.05) is 5.54 Å². The van der Waals surface area contributed by atoms with Gasteiger partial charge in [0.25, 0.3) is 0 Å². The highest BCUT2D eigenvalue weighted by Gasteiger charge is 2.46. The van der Waals surface area contributed by atoms with Crippen LogP contribution in [0.5, 0.6) is 0 Å². The molecular weight excluding hydrogens is 141 g/mol. The topological polar surface area (TPSA) is 12.0 Å². The quantitative estimate of drug-likeness (QED) is 0.612. The van der Waals surface area contributed by atoms with E-state index in [1.807, 2.05) is 0 Å². The van der Waals surface area contributed by atoms with Gasteiger partial charge in [0.05, 0.1) is 0 Å². The third-order valence-corrected chi connectivity index (χ3v) is 3.51. The number of halogens is 1. The van der Waals surface area contributed by atoms with Crippen molar-refractivity contribution in [3.63, 3.8) is 0 Å². The predicted molar refractivity (Wildman–Crippen MR) is 43.3 cm³/mol. The number of rotatable bonds is 1. The zero-order valence-corrected chi connectivity index (χ0v) is 7.07. The molecule has 0 spiro atoms. The summed E-state index contributed by atoms with van der Waals surface area (Å²) in [5.41, 5.74) is -0.168. The third kappa shape index (κ3) is 0.994. The molecule has 2 atom stereocenters. The summed E-state index contributed by atoms with van der Waals surface area (Å²) < 4.78 is 13.4. The summed E-state index contributed by atoms with van der Waals surface area (Å²) in [4.78, 5) is 0.